The second-order valence-electron chi connectivity index (χ2n) is 3.94. The Labute approximate surface area is 123 Å². The third kappa shape index (κ3) is 3.72. The maximum atomic E-state index is 13.3. The zero-order valence-corrected chi connectivity index (χ0v) is 12.5. The molecule has 1 N–H and O–H groups in total. The molecule has 0 amide bonds. The SMILES string of the molecule is CNCc1coc(COc2cc(F)c(Cl)cc2Br)c1. The molecule has 0 fully saturated rings. The van der Waals surface area contributed by atoms with Gasteiger partial charge in [0.2, 0.25) is 0 Å². The summed E-state index contributed by atoms with van der Waals surface area (Å²) in [7, 11) is 1.86. The van der Waals surface area contributed by atoms with Crippen molar-refractivity contribution < 1.29 is 13.5 Å². The van der Waals surface area contributed by atoms with Gasteiger partial charge in [-0.2, -0.15) is 0 Å². The summed E-state index contributed by atoms with van der Waals surface area (Å²) in [5, 5.41) is 3.07. The number of nitrogens with one attached hydrogen (secondary N) is 1. The summed E-state index contributed by atoms with van der Waals surface area (Å²) in [5.41, 5.74) is 1.03. The quantitative estimate of drug-likeness (QED) is 0.825. The highest BCUT2D eigenvalue weighted by atomic mass is 79.9. The second-order valence-corrected chi connectivity index (χ2v) is 5.20. The van der Waals surface area contributed by atoms with E-state index in [1.807, 2.05) is 13.1 Å². The monoisotopic (exact) mass is 347 g/mol. The minimum Gasteiger partial charge on any atom is -0.484 e. The maximum Gasteiger partial charge on any atom is 0.146 e. The minimum absolute atomic E-state index is 0.0496. The molecular formula is C13H12BrClFNO2. The van der Waals surface area contributed by atoms with Gasteiger partial charge in [-0.3, -0.25) is 0 Å². The van der Waals surface area contributed by atoms with Crippen LogP contribution in [0.15, 0.2) is 33.4 Å². The first-order valence-corrected chi connectivity index (χ1v) is 6.75. The smallest absolute Gasteiger partial charge is 0.146 e. The lowest BCUT2D eigenvalue weighted by molar-refractivity contribution is 0.267. The molecule has 1 heterocycles. The summed E-state index contributed by atoms with van der Waals surface area (Å²) in [6.45, 7) is 0.951. The zero-order chi connectivity index (χ0) is 13.8. The van der Waals surface area contributed by atoms with E-state index in [0.717, 1.165) is 12.1 Å². The van der Waals surface area contributed by atoms with Gasteiger partial charge in [0.15, 0.2) is 0 Å². The lowest BCUT2D eigenvalue weighted by atomic mass is 10.3. The number of benzene rings is 1. The maximum absolute atomic E-state index is 13.3. The molecule has 6 heteroatoms. The molecule has 2 rings (SSSR count). The van der Waals surface area contributed by atoms with Crippen molar-refractivity contribution in [2.75, 3.05) is 7.05 Å². The fraction of sp³-hybridized carbons (Fsp3) is 0.231. The zero-order valence-electron chi connectivity index (χ0n) is 10.2. The fourth-order valence-electron chi connectivity index (χ4n) is 1.56. The Hall–Kier alpha value is -1.04. The van der Waals surface area contributed by atoms with Gasteiger partial charge in [0.25, 0.3) is 0 Å². The molecule has 0 saturated heterocycles. The summed E-state index contributed by atoms with van der Waals surface area (Å²) < 4.78 is 24.7. The highest BCUT2D eigenvalue weighted by molar-refractivity contribution is 9.10. The molecule has 0 saturated carbocycles. The van der Waals surface area contributed by atoms with Crippen LogP contribution in [0, 0.1) is 5.82 Å². The van der Waals surface area contributed by atoms with Crippen molar-refractivity contribution >= 4 is 27.5 Å². The van der Waals surface area contributed by atoms with Gasteiger partial charge in [-0.15, -0.1) is 0 Å². The van der Waals surface area contributed by atoms with Gasteiger partial charge < -0.3 is 14.5 Å². The van der Waals surface area contributed by atoms with Gasteiger partial charge >= 0.3 is 0 Å². The highest BCUT2D eigenvalue weighted by Gasteiger charge is 2.09. The van der Waals surface area contributed by atoms with E-state index in [9.17, 15) is 4.39 Å². The van der Waals surface area contributed by atoms with E-state index in [-0.39, 0.29) is 11.6 Å². The third-order valence-electron chi connectivity index (χ3n) is 2.43. The Balaban J connectivity index is 2.03. The predicted molar refractivity (Wildman–Crippen MR) is 74.9 cm³/mol. The van der Waals surface area contributed by atoms with E-state index in [0.29, 0.717) is 16.0 Å². The average molecular weight is 349 g/mol. The van der Waals surface area contributed by atoms with E-state index < -0.39 is 5.82 Å². The van der Waals surface area contributed by atoms with Crippen molar-refractivity contribution in [3.05, 3.63) is 51.1 Å². The molecule has 0 bridgehead atoms. The Morgan fingerprint density at radius 1 is 1.42 bits per heavy atom. The van der Waals surface area contributed by atoms with Crippen LogP contribution in [0.5, 0.6) is 5.75 Å². The van der Waals surface area contributed by atoms with Crippen LogP contribution in [0.25, 0.3) is 0 Å². The largest absolute Gasteiger partial charge is 0.484 e. The lowest BCUT2D eigenvalue weighted by Crippen LogP contribution is -2.03. The third-order valence-corrected chi connectivity index (χ3v) is 3.34. The summed E-state index contributed by atoms with van der Waals surface area (Å²) in [5.74, 6) is 0.538. The second kappa shape index (κ2) is 6.41. The Morgan fingerprint density at radius 2 is 2.21 bits per heavy atom. The number of hydrogen-bond donors (Lipinski definition) is 1. The number of hydrogen-bond acceptors (Lipinski definition) is 3. The van der Waals surface area contributed by atoms with Gasteiger partial charge in [-0.1, -0.05) is 11.6 Å². The van der Waals surface area contributed by atoms with Crippen molar-refractivity contribution in [2.24, 2.45) is 0 Å². The number of rotatable bonds is 5. The normalized spacial score (nSPS) is 10.7. The van der Waals surface area contributed by atoms with E-state index in [2.05, 4.69) is 21.2 Å². The number of furan rings is 1. The van der Waals surface area contributed by atoms with Crippen molar-refractivity contribution in [1.29, 1.82) is 0 Å². The van der Waals surface area contributed by atoms with Crippen molar-refractivity contribution in [1.82, 2.24) is 5.32 Å². The number of ether oxygens (including phenoxy) is 1. The number of halogens is 3. The van der Waals surface area contributed by atoms with Crippen LogP contribution in [0.1, 0.15) is 11.3 Å². The average Bonchev–Trinajstić information content (AvgIpc) is 2.80. The molecular weight excluding hydrogens is 337 g/mol. The van der Waals surface area contributed by atoms with E-state index in [1.165, 1.54) is 12.1 Å². The van der Waals surface area contributed by atoms with E-state index in [1.54, 1.807) is 6.26 Å². The Bertz CT molecular complexity index is 574. The topological polar surface area (TPSA) is 34.4 Å². The molecule has 2 aromatic rings. The molecule has 0 aliphatic carbocycles. The molecule has 0 aliphatic rings. The Morgan fingerprint density at radius 3 is 2.95 bits per heavy atom. The molecule has 0 unspecified atom stereocenters. The molecule has 0 spiro atoms. The highest BCUT2D eigenvalue weighted by Crippen LogP contribution is 2.31. The fourth-order valence-corrected chi connectivity index (χ4v) is 2.32. The van der Waals surface area contributed by atoms with Crippen LogP contribution in [-0.2, 0) is 13.2 Å². The summed E-state index contributed by atoms with van der Waals surface area (Å²) in [6, 6.07) is 4.58. The Kier molecular flexibility index (Phi) is 4.85. The van der Waals surface area contributed by atoms with Crippen LogP contribution in [-0.4, -0.2) is 7.05 Å². The molecule has 1 aromatic carbocycles. The first-order valence-electron chi connectivity index (χ1n) is 5.58. The summed E-state index contributed by atoms with van der Waals surface area (Å²) in [6.07, 6.45) is 1.66. The van der Waals surface area contributed by atoms with Crippen LogP contribution in [0.3, 0.4) is 0 Å². The first-order chi connectivity index (χ1) is 9.10. The van der Waals surface area contributed by atoms with E-state index >= 15 is 0 Å². The van der Waals surface area contributed by atoms with Gasteiger partial charge in [0.1, 0.15) is 23.9 Å². The van der Waals surface area contributed by atoms with Gasteiger partial charge in [0, 0.05) is 18.2 Å². The summed E-state index contributed by atoms with van der Waals surface area (Å²) in [4.78, 5) is 0. The molecule has 0 radical (unpaired) electrons. The van der Waals surface area contributed by atoms with Gasteiger partial charge in [-0.05, 0) is 35.1 Å². The predicted octanol–water partition coefficient (Wildman–Crippen LogP) is 4.13. The molecule has 0 aliphatic heterocycles. The van der Waals surface area contributed by atoms with Crippen molar-refractivity contribution in [3.63, 3.8) is 0 Å². The van der Waals surface area contributed by atoms with Crippen LogP contribution in [0.2, 0.25) is 5.02 Å². The minimum atomic E-state index is -0.518. The molecule has 0 atom stereocenters. The van der Waals surface area contributed by atoms with Gasteiger partial charge in [0.05, 0.1) is 15.8 Å². The molecule has 1 aromatic heterocycles. The van der Waals surface area contributed by atoms with Gasteiger partial charge in [-0.25, -0.2) is 4.39 Å². The first kappa shape index (κ1) is 14.4. The standard InChI is InChI=1S/C13H12BrClFNO2/c1-17-5-8-2-9(18-6-8)7-19-13-4-12(16)11(15)3-10(13)14/h2-4,6,17H,5,7H2,1H3. The van der Waals surface area contributed by atoms with Crippen LogP contribution in [0.4, 0.5) is 4.39 Å². The van der Waals surface area contributed by atoms with Crippen LogP contribution < -0.4 is 10.1 Å². The van der Waals surface area contributed by atoms with Crippen molar-refractivity contribution in [2.45, 2.75) is 13.2 Å². The molecule has 102 valence electrons. The van der Waals surface area contributed by atoms with Crippen molar-refractivity contribution in [3.8, 4) is 5.75 Å². The van der Waals surface area contributed by atoms with Crippen LogP contribution >= 0.6 is 27.5 Å². The summed E-state index contributed by atoms with van der Waals surface area (Å²) >= 11 is 8.92. The van der Waals surface area contributed by atoms with E-state index in [4.69, 9.17) is 20.8 Å². The lowest BCUT2D eigenvalue weighted by Gasteiger charge is -2.07. The molecule has 3 nitrogen and oxygen atoms in total. The molecule has 19 heavy (non-hydrogen) atoms.